The maximum absolute atomic E-state index is 12.4. The molecule has 8 heteroatoms. The summed E-state index contributed by atoms with van der Waals surface area (Å²) >= 11 is 5.12. The van der Waals surface area contributed by atoms with Crippen molar-refractivity contribution >= 4 is 34.9 Å². The zero-order valence-electron chi connectivity index (χ0n) is 15.1. The van der Waals surface area contributed by atoms with Crippen LogP contribution in [-0.4, -0.2) is 33.3 Å². The van der Waals surface area contributed by atoms with Gasteiger partial charge in [0.1, 0.15) is 17.1 Å². The normalized spacial score (nSPS) is 10.4. The molecule has 27 heavy (non-hydrogen) atoms. The zero-order valence-corrected chi connectivity index (χ0v) is 15.9. The second-order valence-electron chi connectivity index (χ2n) is 6.10. The Kier molecular flexibility index (Phi) is 6.36. The van der Waals surface area contributed by atoms with E-state index in [2.05, 4.69) is 10.6 Å². The molecule has 7 nitrogen and oxygen atoms in total. The average molecular weight is 388 g/mol. The lowest BCUT2D eigenvalue weighted by molar-refractivity contribution is 0.0693. The summed E-state index contributed by atoms with van der Waals surface area (Å²) in [6.07, 6.45) is -0.0211. The first-order valence-corrected chi connectivity index (χ1v) is 8.54. The van der Waals surface area contributed by atoms with E-state index in [-0.39, 0.29) is 22.5 Å². The number of hydrogen-bond acceptors (Lipinski definition) is 5. The fourth-order valence-electron chi connectivity index (χ4n) is 2.34. The zero-order chi connectivity index (χ0) is 20.1. The monoisotopic (exact) mass is 388 g/mol. The summed E-state index contributed by atoms with van der Waals surface area (Å²) in [5, 5.41) is 24.2. The van der Waals surface area contributed by atoms with Crippen LogP contribution in [0, 0.1) is 6.92 Å². The molecule has 0 heterocycles. The highest BCUT2D eigenvalue weighted by atomic mass is 32.1. The number of hydrogen-bond donors (Lipinski definition) is 4. The first-order valence-electron chi connectivity index (χ1n) is 8.13. The molecule has 142 valence electrons. The molecule has 0 bridgehead atoms. The van der Waals surface area contributed by atoms with Gasteiger partial charge in [-0.05, 0) is 68.9 Å². The van der Waals surface area contributed by atoms with Gasteiger partial charge >= 0.3 is 5.97 Å². The number of carboxylic acids is 1. The summed E-state index contributed by atoms with van der Waals surface area (Å²) in [5.74, 6) is -1.45. The van der Waals surface area contributed by atoms with E-state index in [1.54, 1.807) is 31.2 Å². The summed E-state index contributed by atoms with van der Waals surface area (Å²) in [5.41, 5.74) is 0.811. The molecule has 0 saturated carbocycles. The van der Waals surface area contributed by atoms with Crippen LogP contribution >= 0.6 is 12.2 Å². The van der Waals surface area contributed by atoms with Crippen molar-refractivity contribution in [2.24, 2.45) is 0 Å². The Morgan fingerprint density at radius 2 is 1.89 bits per heavy atom. The van der Waals surface area contributed by atoms with Gasteiger partial charge in [0, 0.05) is 11.3 Å². The Bertz CT molecular complexity index is 896. The molecule has 2 rings (SSSR count). The standard InChI is InChI=1S/C19H20N2O5S/c1-10(2)26-14-6-4-5-12(8-14)17(23)21-19(27)20-13-7-11(3)16(22)15(9-13)18(24)25/h4-10,22H,1-3H3,(H,24,25)(H2,20,21,23,27). The third kappa shape index (κ3) is 5.42. The highest BCUT2D eigenvalue weighted by molar-refractivity contribution is 7.80. The van der Waals surface area contributed by atoms with Crippen molar-refractivity contribution in [2.45, 2.75) is 26.9 Å². The first kappa shape index (κ1) is 20.2. The number of anilines is 1. The lowest BCUT2D eigenvalue weighted by Gasteiger charge is -2.13. The molecule has 4 N–H and O–H groups in total. The molecule has 0 unspecified atom stereocenters. The Morgan fingerprint density at radius 1 is 1.19 bits per heavy atom. The van der Waals surface area contributed by atoms with Gasteiger partial charge in [-0.1, -0.05) is 6.07 Å². The summed E-state index contributed by atoms with van der Waals surface area (Å²) < 4.78 is 5.56. The molecule has 0 aliphatic heterocycles. The topological polar surface area (TPSA) is 108 Å². The number of aromatic carboxylic acids is 1. The lowest BCUT2D eigenvalue weighted by atomic mass is 10.1. The molecule has 2 aromatic carbocycles. The Labute approximate surface area is 162 Å². The number of ether oxygens (including phenoxy) is 1. The molecule has 0 saturated heterocycles. The van der Waals surface area contributed by atoms with E-state index < -0.39 is 11.9 Å². The number of carbonyl (C=O) groups excluding carboxylic acids is 1. The van der Waals surface area contributed by atoms with E-state index in [0.717, 1.165) is 0 Å². The fraction of sp³-hybridized carbons (Fsp3) is 0.211. The molecular weight excluding hydrogens is 368 g/mol. The van der Waals surface area contributed by atoms with Crippen LogP contribution in [0.2, 0.25) is 0 Å². The molecule has 1 amide bonds. The molecule has 0 fully saturated rings. The van der Waals surface area contributed by atoms with Crippen LogP contribution in [-0.2, 0) is 0 Å². The first-order chi connectivity index (χ1) is 12.7. The summed E-state index contributed by atoms with van der Waals surface area (Å²) in [7, 11) is 0. The quantitative estimate of drug-likeness (QED) is 0.460. The maximum Gasteiger partial charge on any atom is 0.339 e. The maximum atomic E-state index is 12.4. The fourth-order valence-corrected chi connectivity index (χ4v) is 2.55. The van der Waals surface area contributed by atoms with E-state index in [4.69, 9.17) is 22.1 Å². The van der Waals surface area contributed by atoms with E-state index in [1.165, 1.54) is 12.1 Å². The largest absolute Gasteiger partial charge is 0.507 e. The third-order valence-corrected chi connectivity index (χ3v) is 3.69. The number of benzene rings is 2. The van der Waals surface area contributed by atoms with Crippen molar-refractivity contribution in [1.29, 1.82) is 0 Å². The number of amides is 1. The highest BCUT2D eigenvalue weighted by Gasteiger charge is 2.15. The number of carbonyl (C=O) groups is 2. The van der Waals surface area contributed by atoms with Crippen LogP contribution in [0.1, 0.15) is 40.1 Å². The van der Waals surface area contributed by atoms with Crippen LogP contribution < -0.4 is 15.4 Å². The molecule has 0 aromatic heterocycles. The summed E-state index contributed by atoms with van der Waals surface area (Å²) in [4.78, 5) is 23.5. The summed E-state index contributed by atoms with van der Waals surface area (Å²) in [6.45, 7) is 5.34. The molecule has 0 spiro atoms. The van der Waals surface area contributed by atoms with Crippen molar-refractivity contribution in [3.63, 3.8) is 0 Å². The van der Waals surface area contributed by atoms with Gasteiger partial charge in [0.05, 0.1) is 6.10 Å². The van der Waals surface area contributed by atoms with Crippen molar-refractivity contribution in [1.82, 2.24) is 5.32 Å². The minimum absolute atomic E-state index is 0.00314. The predicted octanol–water partition coefficient (Wildman–Crippen LogP) is 3.31. The van der Waals surface area contributed by atoms with Gasteiger partial charge < -0.3 is 20.3 Å². The van der Waals surface area contributed by atoms with Gasteiger partial charge in [0.15, 0.2) is 5.11 Å². The number of thiocarbonyl (C=S) groups is 1. The van der Waals surface area contributed by atoms with Crippen LogP contribution in [0.3, 0.4) is 0 Å². The Hall–Kier alpha value is -3.13. The number of phenols is 1. The van der Waals surface area contributed by atoms with E-state index in [0.29, 0.717) is 22.6 Å². The second kappa shape index (κ2) is 8.50. The van der Waals surface area contributed by atoms with Crippen LogP contribution in [0.15, 0.2) is 36.4 Å². The van der Waals surface area contributed by atoms with Gasteiger partial charge in [-0.25, -0.2) is 4.79 Å². The van der Waals surface area contributed by atoms with Gasteiger partial charge in [-0.2, -0.15) is 0 Å². The van der Waals surface area contributed by atoms with Crippen molar-refractivity contribution in [2.75, 3.05) is 5.32 Å². The predicted molar refractivity (Wildman–Crippen MR) is 106 cm³/mol. The smallest absolute Gasteiger partial charge is 0.339 e. The van der Waals surface area contributed by atoms with Gasteiger partial charge in [-0.3, -0.25) is 10.1 Å². The van der Waals surface area contributed by atoms with Crippen LogP contribution in [0.4, 0.5) is 5.69 Å². The number of rotatable bonds is 5. The van der Waals surface area contributed by atoms with Crippen molar-refractivity contribution in [3.8, 4) is 11.5 Å². The van der Waals surface area contributed by atoms with Crippen molar-refractivity contribution < 1.29 is 24.5 Å². The number of carboxylic acid groups (broad SMARTS) is 1. The molecule has 0 atom stereocenters. The van der Waals surface area contributed by atoms with Crippen molar-refractivity contribution in [3.05, 3.63) is 53.1 Å². The van der Waals surface area contributed by atoms with Gasteiger partial charge in [0.25, 0.3) is 5.91 Å². The number of aryl methyl sites for hydroxylation is 1. The molecule has 2 aromatic rings. The minimum atomic E-state index is -1.27. The lowest BCUT2D eigenvalue weighted by Crippen LogP contribution is -2.34. The number of nitrogens with one attached hydrogen (secondary N) is 2. The highest BCUT2D eigenvalue weighted by Crippen LogP contribution is 2.26. The van der Waals surface area contributed by atoms with E-state index >= 15 is 0 Å². The van der Waals surface area contributed by atoms with E-state index in [9.17, 15) is 14.7 Å². The minimum Gasteiger partial charge on any atom is -0.507 e. The average Bonchev–Trinajstić information content (AvgIpc) is 2.57. The van der Waals surface area contributed by atoms with Crippen LogP contribution in [0.5, 0.6) is 11.5 Å². The number of aromatic hydroxyl groups is 1. The Morgan fingerprint density at radius 3 is 2.52 bits per heavy atom. The van der Waals surface area contributed by atoms with Crippen LogP contribution in [0.25, 0.3) is 0 Å². The second-order valence-corrected chi connectivity index (χ2v) is 6.51. The molecule has 0 aliphatic carbocycles. The third-order valence-electron chi connectivity index (χ3n) is 3.48. The van der Waals surface area contributed by atoms with Gasteiger partial charge in [-0.15, -0.1) is 0 Å². The molecule has 0 radical (unpaired) electrons. The Balaban J connectivity index is 2.10. The SMILES string of the molecule is Cc1cc(NC(=S)NC(=O)c2cccc(OC(C)C)c2)cc(C(=O)O)c1O. The summed E-state index contributed by atoms with van der Waals surface area (Å²) in [6, 6.07) is 9.44. The molecule has 0 aliphatic rings. The molecular formula is C19H20N2O5S. The van der Waals surface area contributed by atoms with E-state index in [1.807, 2.05) is 13.8 Å². The van der Waals surface area contributed by atoms with Gasteiger partial charge in [0.2, 0.25) is 0 Å².